The number of morpholine rings is 1. The lowest BCUT2D eigenvalue weighted by Gasteiger charge is -2.30. The fourth-order valence-corrected chi connectivity index (χ4v) is 1.33. The topological polar surface area (TPSA) is 29.5 Å². The first-order chi connectivity index (χ1) is 5.33. The molecule has 1 fully saturated rings. The molecule has 0 radical (unpaired) electrons. The van der Waals surface area contributed by atoms with Gasteiger partial charge in [-0.2, -0.15) is 0 Å². The third-order valence-electron chi connectivity index (χ3n) is 1.89. The molecule has 0 saturated carbocycles. The molecule has 1 heterocycles. The fraction of sp³-hybridized carbons (Fsp3) is 0.875. The van der Waals surface area contributed by atoms with Crippen LogP contribution in [0, 0.1) is 0 Å². The fourth-order valence-electron chi connectivity index (χ4n) is 1.33. The van der Waals surface area contributed by atoms with E-state index in [1.165, 1.54) is 0 Å². The van der Waals surface area contributed by atoms with E-state index in [4.69, 9.17) is 4.74 Å². The molecule has 1 rings (SSSR count). The van der Waals surface area contributed by atoms with Crippen molar-refractivity contribution in [3.63, 3.8) is 0 Å². The molecular weight excluding hydrogens is 142 g/mol. The van der Waals surface area contributed by atoms with Gasteiger partial charge in [0.1, 0.15) is 6.29 Å². The maximum atomic E-state index is 10.1. The van der Waals surface area contributed by atoms with Crippen LogP contribution in [0.4, 0.5) is 0 Å². The third kappa shape index (κ3) is 2.99. The normalized spacial score (nSPS) is 26.8. The molecule has 0 spiro atoms. The molecule has 0 aromatic carbocycles. The van der Waals surface area contributed by atoms with E-state index in [0.29, 0.717) is 12.5 Å². The highest BCUT2D eigenvalue weighted by molar-refractivity contribution is 5.49. The Kier molecular flexibility index (Phi) is 3.52. The molecule has 0 N–H and O–H groups in total. The lowest BCUT2D eigenvalue weighted by atomic mass is 10.3. The Labute approximate surface area is 67.3 Å². The highest BCUT2D eigenvalue weighted by Crippen LogP contribution is 2.03. The maximum Gasteiger partial charge on any atom is 0.121 e. The smallest absolute Gasteiger partial charge is 0.121 e. The second-order valence-electron chi connectivity index (χ2n) is 2.94. The average Bonchev–Trinajstić information content (AvgIpc) is 2.01. The van der Waals surface area contributed by atoms with E-state index < -0.39 is 0 Å². The number of carbonyl (C=O) groups excluding carboxylic acids is 1. The van der Waals surface area contributed by atoms with Crippen LogP contribution in [0.5, 0.6) is 0 Å². The Balaban J connectivity index is 2.17. The summed E-state index contributed by atoms with van der Waals surface area (Å²) in [6.45, 7) is 5.69. The van der Waals surface area contributed by atoms with E-state index in [1.54, 1.807) is 0 Å². The molecule has 0 aliphatic carbocycles. The van der Waals surface area contributed by atoms with E-state index in [-0.39, 0.29) is 0 Å². The van der Waals surface area contributed by atoms with Crippen molar-refractivity contribution in [3.05, 3.63) is 0 Å². The van der Waals surface area contributed by atoms with Crippen LogP contribution >= 0.6 is 0 Å². The van der Waals surface area contributed by atoms with Crippen molar-refractivity contribution in [2.75, 3.05) is 26.2 Å². The van der Waals surface area contributed by atoms with E-state index in [2.05, 4.69) is 11.8 Å². The van der Waals surface area contributed by atoms with Crippen LogP contribution in [-0.2, 0) is 9.53 Å². The molecule has 1 atom stereocenters. The zero-order chi connectivity index (χ0) is 8.10. The number of aldehydes is 1. The molecule has 64 valence electrons. The van der Waals surface area contributed by atoms with Gasteiger partial charge in [0.15, 0.2) is 0 Å². The summed E-state index contributed by atoms with van der Waals surface area (Å²) in [5.41, 5.74) is 0. The standard InChI is InChI=1S/C8H15NO2/c1-8-7-9(3-2-5-10)4-6-11-8/h5,8H,2-4,6-7H2,1H3. The first kappa shape index (κ1) is 8.68. The predicted molar refractivity (Wildman–Crippen MR) is 42.5 cm³/mol. The summed E-state index contributed by atoms with van der Waals surface area (Å²) < 4.78 is 5.36. The molecule has 11 heavy (non-hydrogen) atoms. The maximum absolute atomic E-state index is 10.1. The summed E-state index contributed by atoms with van der Waals surface area (Å²) >= 11 is 0. The van der Waals surface area contributed by atoms with E-state index in [9.17, 15) is 4.79 Å². The SMILES string of the molecule is CC1CN(CCC=O)CCO1. The Bertz CT molecular complexity index is 127. The van der Waals surface area contributed by atoms with Crippen molar-refractivity contribution >= 4 is 6.29 Å². The molecule has 1 saturated heterocycles. The summed E-state index contributed by atoms with van der Waals surface area (Å²) in [4.78, 5) is 12.3. The predicted octanol–water partition coefficient (Wildman–Crippen LogP) is 0.296. The van der Waals surface area contributed by atoms with Crippen LogP contribution in [0.1, 0.15) is 13.3 Å². The van der Waals surface area contributed by atoms with Gasteiger partial charge in [-0.05, 0) is 6.92 Å². The Morgan fingerprint density at radius 1 is 1.73 bits per heavy atom. The lowest BCUT2D eigenvalue weighted by molar-refractivity contribution is -0.108. The van der Waals surface area contributed by atoms with Gasteiger partial charge in [-0.15, -0.1) is 0 Å². The van der Waals surface area contributed by atoms with Crippen LogP contribution in [0.15, 0.2) is 0 Å². The van der Waals surface area contributed by atoms with E-state index >= 15 is 0 Å². The number of nitrogens with zero attached hydrogens (tertiary/aromatic N) is 1. The van der Waals surface area contributed by atoms with Gasteiger partial charge < -0.3 is 9.53 Å². The van der Waals surface area contributed by atoms with Crippen LogP contribution in [-0.4, -0.2) is 43.5 Å². The first-order valence-corrected chi connectivity index (χ1v) is 4.10. The Morgan fingerprint density at radius 3 is 3.18 bits per heavy atom. The number of hydrogen-bond donors (Lipinski definition) is 0. The van der Waals surface area contributed by atoms with E-state index in [0.717, 1.165) is 32.5 Å². The van der Waals surface area contributed by atoms with Crippen molar-refractivity contribution in [2.45, 2.75) is 19.4 Å². The lowest BCUT2D eigenvalue weighted by Crippen LogP contribution is -2.41. The molecule has 3 nitrogen and oxygen atoms in total. The van der Waals surface area contributed by atoms with Gasteiger partial charge in [0.2, 0.25) is 0 Å². The molecule has 0 bridgehead atoms. The molecule has 0 aromatic heterocycles. The van der Waals surface area contributed by atoms with Crippen molar-refractivity contribution in [2.24, 2.45) is 0 Å². The zero-order valence-corrected chi connectivity index (χ0v) is 6.95. The highest BCUT2D eigenvalue weighted by Gasteiger charge is 2.15. The summed E-state index contributed by atoms with van der Waals surface area (Å²) in [6.07, 6.45) is 1.95. The average molecular weight is 157 g/mol. The Morgan fingerprint density at radius 2 is 2.55 bits per heavy atom. The third-order valence-corrected chi connectivity index (χ3v) is 1.89. The van der Waals surface area contributed by atoms with Crippen molar-refractivity contribution in [1.82, 2.24) is 4.90 Å². The number of carbonyl (C=O) groups is 1. The van der Waals surface area contributed by atoms with Crippen LogP contribution in [0.3, 0.4) is 0 Å². The van der Waals surface area contributed by atoms with Gasteiger partial charge in [-0.3, -0.25) is 4.90 Å². The largest absolute Gasteiger partial charge is 0.376 e. The zero-order valence-electron chi connectivity index (χ0n) is 6.95. The number of ether oxygens (including phenoxy) is 1. The quantitative estimate of drug-likeness (QED) is 0.552. The van der Waals surface area contributed by atoms with Crippen LogP contribution < -0.4 is 0 Å². The van der Waals surface area contributed by atoms with Gasteiger partial charge in [-0.1, -0.05) is 0 Å². The summed E-state index contributed by atoms with van der Waals surface area (Å²) in [5, 5.41) is 0. The van der Waals surface area contributed by atoms with Crippen LogP contribution in [0.2, 0.25) is 0 Å². The van der Waals surface area contributed by atoms with Crippen molar-refractivity contribution in [3.8, 4) is 0 Å². The van der Waals surface area contributed by atoms with Gasteiger partial charge in [0.05, 0.1) is 12.7 Å². The molecule has 1 aliphatic heterocycles. The summed E-state index contributed by atoms with van der Waals surface area (Å²) in [5.74, 6) is 0. The highest BCUT2D eigenvalue weighted by atomic mass is 16.5. The molecule has 1 aliphatic rings. The number of hydrogen-bond acceptors (Lipinski definition) is 3. The summed E-state index contributed by atoms with van der Waals surface area (Å²) in [6, 6.07) is 0. The number of rotatable bonds is 3. The minimum absolute atomic E-state index is 0.329. The van der Waals surface area contributed by atoms with Crippen molar-refractivity contribution < 1.29 is 9.53 Å². The van der Waals surface area contributed by atoms with Crippen LogP contribution in [0.25, 0.3) is 0 Å². The molecule has 1 unspecified atom stereocenters. The second kappa shape index (κ2) is 4.46. The molecule has 0 amide bonds. The molecule has 3 heteroatoms. The van der Waals surface area contributed by atoms with Crippen molar-refractivity contribution in [1.29, 1.82) is 0 Å². The van der Waals surface area contributed by atoms with Gasteiger partial charge in [-0.25, -0.2) is 0 Å². The van der Waals surface area contributed by atoms with E-state index in [1.807, 2.05) is 0 Å². The first-order valence-electron chi connectivity index (χ1n) is 4.10. The monoisotopic (exact) mass is 157 g/mol. The molecular formula is C8H15NO2. The minimum atomic E-state index is 0.329. The Hall–Kier alpha value is -0.410. The molecule has 0 aromatic rings. The van der Waals surface area contributed by atoms with Gasteiger partial charge in [0.25, 0.3) is 0 Å². The van der Waals surface area contributed by atoms with Gasteiger partial charge >= 0.3 is 0 Å². The summed E-state index contributed by atoms with van der Waals surface area (Å²) in [7, 11) is 0. The van der Waals surface area contributed by atoms with Gasteiger partial charge in [0, 0.05) is 26.1 Å². The second-order valence-corrected chi connectivity index (χ2v) is 2.94. The minimum Gasteiger partial charge on any atom is -0.376 e.